The van der Waals surface area contributed by atoms with Crippen LogP contribution in [0.5, 0.6) is 0 Å². The number of amides is 1. The van der Waals surface area contributed by atoms with E-state index in [-0.39, 0.29) is 18.1 Å². The lowest BCUT2D eigenvalue weighted by Gasteiger charge is -2.08. The van der Waals surface area contributed by atoms with Crippen LogP contribution in [0.3, 0.4) is 0 Å². The fourth-order valence-electron chi connectivity index (χ4n) is 2.93. The Kier molecular flexibility index (Phi) is 4.06. The first kappa shape index (κ1) is 15.6. The summed E-state index contributed by atoms with van der Waals surface area (Å²) in [6.07, 6.45) is 2.41. The number of hydrogen-bond acceptors (Lipinski definition) is 2. The molecule has 1 heterocycles. The standard InChI is InChI=1S/C20H18FN3O/c21-16-10-6-13(7-11-16)12-17(25)22-20-18(14-4-2-1-3-5-14)23-24-19(20)15-8-9-15/h1-7,10-11,15H,8-9,12H2,(H,22,25)(H,23,24). The number of rotatable bonds is 5. The molecular formula is C20H18FN3O. The monoisotopic (exact) mass is 335 g/mol. The quantitative estimate of drug-likeness (QED) is 0.731. The molecule has 1 fully saturated rings. The van der Waals surface area contributed by atoms with Crippen molar-refractivity contribution in [2.24, 2.45) is 0 Å². The van der Waals surface area contributed by atoms with E-state index in [2.05, 4.69) is 15.5 Å². The Morgan fingerprint density at radius 2 is 1.84 bits per heavy atom. The molecule has 2 N–H and O–H groups in total. The molecule has 3 aromatic rings. The Balaban J connectivity index is 1.59. The lowest BCUT2D eigenvalue weighted by molar-refractivity contribution is -0.115. The maximum absolute atomic E-state index is 13.0. The summed E-state index contributed by atoms with van der Waals surface area (Å²) in [5.74, 6) is -0.000418. The Morgan fingerprint density at radius 1 is 1.12 bits per heavy atom. The molecule has 0 unspecified atom stereocenters. The summed E-state index contributed by atoms with van der Waals surface area (Å²) in [7, 11) is 0. The molecule has 5 heteroatoms. The predicted octanol–water partition coefficient (Wildman–Crippen LogP) is 4.27. The van der Waals surface area contributed by atoms with Gasteiger partial charge in [0.25, 0.3) is 0 Å². The van der Waals surface area contributed by atoms with Gasteiger partial charge < -0.3 is 5.32 Å². The number of H-pyrrole nitrogens is 1. The Hall–Kier alpha value is -2.95. The fraction of sp³-hybridized carbons (Fsp3) is 0.200. The predicted molar refractivity (Wildman–Crippen MR) is 94.7 cm³/mol. The number of carbonyl (C=O) groups excluding carboxylic acids is 1. The molecule has 1 aliphatic carbocycles. The second-order valence-electron chi connectivity index (χ2n) is 6.35. The largest absolute Gasteiger partial charge is 0.322 e. The van der Waals surface area contributed by atoms with Gasteiger partial charge >= 0.3 is 0 Å². The summed E-state index contributed by atoms with van der Waals surface area (Å²) in [5, 5.41) is 10.5. The number of aromatic nitrogens is 2. The molecule has 0 atom stereocenters. The summed E-state index contributed by atoms with van der Waals surface area (Å²) >= 11 is 0. The molecule has 4 nitrogen and oxygen atoms in total. The van der Waals surface area contributed by atoms with Gasteiger partial charge in [-0.2, -0.15) is 5.10 Å². The molecule has 1 amide bonds. The maximum atomic E-state index is 13.0. The molecule has 0 saturated heterocycles. The molecule has 126 valence electrons. The highest BCUT2D eigenvalue weighted by Gasteiger charge is 2.30. The fourth-order valence-corrected chi connectivity index (χ4v) is 2.93. The third-order valence-electron chi connectivity index (χ3n) is 4.37. The van der Waals surface area contributed by atoms with Gasteiger partial charge in [-0.3, -0.25) is 9.89 Å². The SMILES string of the molecule is O=C(Cc1ccc(F)cc1)Nc1c(-c2ccccc2)n[nH]c1C1CC1. The van der Waals surface area contributed by atoms with Crippen LogP contribution >= 0.6 is 0 Å². The van der Waals surface area contributed by atoms with Crippen molar-refractivity contribution >= 4 is 11.6 Å². The Bertz CT molecular complexity index is 883. The first-order valence-corrected chi connectivity index (χ1v) is 8.38. The van der Waals surface area contributed by atoms with Gasteiger partial charge in [-0.25, -0.2) is 4.39 Å². The zero-order valence-electron chi connectivity index (χ0n) is 13.6. The third-order valence-corrected chi connectivity index (χ3v) is 4.37. The summed E-state index contributed by atoms with van der Waals surface area (Å²) in [6.45, 7) is 0. The smallest absolute Gasteiger partial charge is 0.228 e. The van der Waals surface area contributed by atoms with Gasteiger partial charge in [-0.15, -0.1) is 0 Å². The van der Waals surface area contributed by atoms with Crippen LogP contribution in [0, 0.1) is 5.82 Å². The maximum Gasteiger partial charge on any atom is 0.228 e. The number of hydrogen-bond donors (Lipinski definition) is 2. The van der Waals surface area contributed by atoms with E-state index in [1.807, 2.05) is 30.3 Å². The lowest BCUT2D eigenvalue weighted by atomic mass is 10.1. The molecule has 0 spiro atoms. The zero-order valence-corrected chi connectivity index (χ0v) is 13.6. The summed E-state index contributed by atoms with van der Waals surface area (Å²) in [5.41, 5.74) is 4.25. The highest BCUT2D eigenvalue weighted by molar-refractivity contribution is 5.96. The van der Waals surface area contributed by atoms with Gasteiger partial charge in [0.2, 0.25) is 5.91 Å². The van der Waals surface area contributed by atoms with Crippen LogP contribution in [0.25, 0.3) is 11.3 Å². The minimum atomic E-state index is -0.304. The Labute approximate surface area is 145 Å². The van der Waals surface area contributed by atoms with Crippen LogP contribution in [-0.2, 0) is 11.2 Å². The van der Waals surface area contributed by atoms with Crippen molar-refractivity contribution in [3.63, 3.8) is 0 Å². The first-order chi connectivity index (χ1) is 12.2. The van der Waals surface area contributed by atoms with Crippen LogP contribution in [0.1, 0.15) is 30.0 Å². The van der Waals surface area contributed by atoms with E-state index in [1.54, 1.807) is 12.1 Å². The number of nitrogens with one attached hydrogen (secondary N) is 2. The van der Waals surface area contributed by atoms with Gasteiger partial charge in [0.15, 0.2) is 0 Å². The van der Waals surface area contributed by atoms with Crippen molar-refractivity contribution in [2.45, 2.75) is 25.2 Å². The van der Waals surface area contributed by atoms with Crippen LogP contribution in [-0.4, -0.2) is 16.1 Å². The average Bonchev–Trinajstić information content (AvgIpc) is 3.39. The molecule has 1 saturated carbocycles. The van der Waals surface area contributed by atoms with E-state index < -0.39 is 0 Å². The van der Waals surface area contributed by atoms with Gasteiger partial charge in [0, 0.05) is 11.5 Å². The average molecular weight is 335 g/mol. The van der Waals surface area contributed by atoms with Crippen molar-refractivity contribution in [3.05, 3.63) is 71.7 Å². The van der Waals surface area contributed by atoms with E-state index in [0.717, 1.165) is 41.0 Å². The summed E-state index contributed by atoms with van der Waals surface area (Å²) in [4.78, 5) is 12.5. The lowest BCUT2D eigenvalue weighted by Crippen LogP contribution is -2.15. The van der Waals surface area contributed by atoms with Crippen LogP contribution in [0.15, 0.2) is 54.6 Å². The molecule has 25 heavy (non-hydrogen) atoms. The van der Waals surface area contributed by atoms with Gasteiger partial charge in [-0.05, 0) is 30.5 Å². The topological polar surface area (TPSA) is 57.8 Å². The Morgan fingerprint density at radius 3 is 2.52 bits per heavy atom. The third kappa shape index (κ3) is 3.45. The molecule has 0 bridgehead atoms. The van der Waals surface area contributed by atoms with Crippen molar-refractivity contribution in [1.29, 1.82) is 0 Å². The van der Waals surface area contributed by atoms with Gasteiger partial charge in [0.05, 0.1) is 17.8 Å². The number of benzene rings is 2. The molecule has 2 aromatic carbocycles. The van der Waals surface area contributed by atoms with Crippen LogP contribution < -0.4 is 5.32 Å². The van der Waals surface area contributed by atoms with E-state index in [9.17, 15) is 9.18 Å². The van der Waals surface area contributed by atoms with E-state index in [0.29, 0.717) is 5.92 Å². The molecule has 0 aliphatic heterocycles. The van der Waals surface area contributed by atoms with Crippen molar-refractivity contribution in [1.82, 2.24) is 10.2 Å². The van der Waals surface area contributed by atoms with Crippen molar-refractivity contribution in [3.8, 4) is 11.3 Å². The number of halogens is 1. The molecule has 0 radical (unpaired) electrons. The molecule has 4 rings (SSSR count). The molecular weight excluding hydrogens is 317 g/mol. The van der Waals surface area contributed by atoms with Crippen molar-refractivity contribution < 1.29 is 9.18 Å². The van der Waals surface area contributed by atoms with Gasteiger partial charge in [0.1, 0.15) is 11.5 Å². The number of carbonyl (C=O) groups is 1. The number of aromatic amines is 1. The van der Waals surface area contributed by atoms with Crippen molar-refractivity contribution in [2.75, 3.05) is 5.32 Å². The second-order valence-corrected chi connectivity index (χ2v) is 6.35. The second kappa shape index (κ2) is 6.51. The minimum absolute atomic E-state index is 0.132. The normalized spacial score (nSPS) is 13.6. The number of anilines is 1. The molecule has 1 aliphatic rings. The highest BCUT2D eigenvalue weighted by atomic mass is 19.1. The summed E-state index contributed by atoms with van der Waals surface area (Å²) in [6, 6.07) is 15.8. The zero-order chi connectivity index (χ0) is 17.2. The first-order valence-electron chi connectivity index (χ1n) is 8.38. The highest BCUT2D eigenvalue weighted by Crippen LogP contribution is 2.45. The molecule has 1 aromatic heterocycles. The van der Waals surface area contributed by atoms with Crippen LogP contribution in [0.2, 0.25) is 0 Å². The van der Waals surface area contributed by atoms with E-state index in [4.69, 9.17) is 0 Å². The van der Waals surface area contributed by atoms with E-state index in [1.165, 1.54) is 12.1 Å². The minimum Gasteiger partial charge on any atom is -0.322 e. The number of nitrogens with zero attached hydrogens (tertiary/aromatic N) is 1. The van der Waals surface area contributed by atoms with E-state index >= 15 is 0 Å². The van der Waals surface area contributed by atoms with Crippen LogP contribution in [0.4, 0.5) is 10.1 Å². The summed E-state index contributed by atoms with van der Waals surface area (Å²) < 4.78 is 13.0. The van der Waals surface area contributed by atoms with Gasteiger partial charge in [-0.1, -0.05) is 42.5 Å².